The lowest BCUT2D eigenvalue weighted by Crippen LogP contribution is -1.95. The molecule has 5 heterocycles. The Morgan fingerprint density at radius 1 is 0.179 bits per heavy atom. The molecule has 17 rings (SSSR count). The highest BCUT2D eigenvalue weighted by molar-refractivity contribution is 9.13. The fraction of sp³-hybridized carbons (Fsp3) is 0. The highest BCUT2D eigenvalue weighted by Crippen LogP contribution is 2.55. The lowest BCUT2D eigenvalue weighted by atomic mass is 10.1. The number of aromatic amines is 2. The maximum Gasteiger partial charge on any atom is 0.170 e. The highest BCUT2D eigenvalue weighted by atomic mass is 79.9. The van der Waals surface area contributed by atoms with Gasteiger partial charge in [-0.3, -0.25) is 0 Å². The predicted octanol–water partition coefficient (Wildman–Crippen LogP) is 33.4. The SMILES string of the molecule is Brc1cccc(Br)c1Oc1cc2c(cc1Oc1c(Br)cccc1Br)-c1nc-2nc2[nH]c(nc3nc(nc4[nH]c(n1)c1cc(Oc5c(Br)cccc5Br)c(Oc5c(Br)cccc5Br)cc41)-c1cc(Oc4c(Br)cccc4Br)c(Oc4c(Br)cccc4Br)cc1-3)c1cc(Oc3c(Br)cccc3Br)c(Oc3c(Br)cccc3Br)cc21. The van der Waals surface area contributed by atoms with E-state index in [1.807, 2.05) is 194 Å². The third kappa shape index (κ3) is 15.6. The Kier molecular flexibility index (Phi) is 23.1. The second kappa shape index (κ2) is 32.9. The van der Waals surface area contributed by atoms with Crippen molar-refractivity contribution in [1.29, 1.82) is 0 Å². The van der Waals surface area contributed by atoms with Crippen LogP contribution in [0.25, 0.3) is 89.7 Å². The molecule has 15 aromatic rings. The Morgan fingerprint density at radius 2 is 0.312 bits per heavy atom. The fourth-order valence-corrected chi connectivity index (χ4v) is 21.3. The predicted molar refractivity (Wildman–Crippen MR) is 491 cm³/mol. The fourth-order valence-electron chi connectivity index (χ4n) is 12.0. The number of fused-ring (bicyclic) bond motifs is 20. The summed E-state index contributed by atoms with van der Waals surface area (Å²) in [4.78, 5) is 40.5. The van der Waals surface area contributed by atoms with Gasteiger partial charge in [-0.1, -0.05) is 48.5 Å². The Morgan fingerprint density at radius 3 is 0.455 bits per heavy atom. The molecule has 0 amide bonds. The summed E-state index contributed by atoms with van der Waals surface area (Å²) in [5.74, 6) is 6.67. The third-order valence-corrected chi connectivity index (χ3v) is 27.1. The van der Waals surface area contributed by atoms with Gasteiger partial charge >= 0.3 is 0 Å². The molecule has 2 aliphatic rings. The molecule has 32 heteroatoms. The number of rotatable bonds is 16. The molecule has 2 aliphatic heterocycles. The summed E-state index contributed by atoms with van der Waals surface area (Å²) < 4.78 is 66.6. The average molecular weight is 2510 g/mol. The van der Waals surface area contributed by atoms with E-state index in [0.29, 0.717) is 161 Å². The van der Waals surface area contributed by atoms with Gasteiger partial charge in [0.25, 0.3) is 0 Å². The van der Waals surface area contributed by atoms with E-state index in [1.165, 1.54) is 0 Å². The molecule has 0 radical (unpaired) electrons. The minimum absolute atomic E-state index is 0.190. The van der Waals surface area contributed by atoms with Gasteiger partial charge < -0.3 is 47.9 Å². The van der Waals surface area contributed by atoms with Gasteiger partial charge in [-0.15, -0.1) is 0 Å². The normalized spacial score (nSPS) is 11.6. The van der Waals surface area contributed by atoms with E-state index in [9.17, 15) is 0 Å². The first-order valence-electron chi connectivity index (χ1n) is 32.5. The summed E-state index contributed by atoms with van der Waals surface area (Å²) >= 11 is 60.2. The van der Waals surface area contributed by atoms with Gasteiger partial charge in [0, 0.05) is 43.8 Å². The van der Waals surface area contributed by atoms with Crippen LogP contribution in [0.3, 0.4) is 0 Å². The highest BCUT2D eigenvalue weighted by Gasteiger charge is 2.31. The van der Waals surface area contributed by atoms with Crippen molar-refractivity contribution in [2.75, 3.05) is 0 Å². The first-order chi connectivity index (χ1) is 54.0. The molecule has 0 saturated heterocycles. The van der Waals surface area contributed by atoms with E-state index >= 15 is 0 Å². The summed E-state index contributed by atoms with van der Waals surface area (Å²) in [7, 11) is 0. The number of nitrogens with zero attached hydrogens (tertiary/aromatic N) is 6. The number of H-pyrrole nitrogens is 2. The number of hydrogen-bond acceptors (Lipinski definition) is 14. The van der Waals surface area contributed by atoms with E-state index in [-0.39, 0.29) is 91.9 Å². The van der Waals surface area contributed by atoms with Gasteiger partial charge in [-0.25, -0.2) is 29.9 Å². The van der Waals surface area contributed by atoms with Crippen LogP contribution in [0.1, 0.15) is 0 Å². The van der Waals surface area contributed by atoms with E-state index in [4.69, 9.17) is 67.8 Å². The molecular weight excluding hydrogens is 2480 g/mol. The van der Waals surface area contributed by atoms with Gasteiger partial charge in [0.15, 0.2) is 115 Å². The van der Waals surface area contributed by atoms with E-state index in [2.05, 4.69) is 265 Å². The van der Waals surface area contributed by atoms with E-state index in [1.54, 1.807) is 0 Å². The van der Waals surface area contributed by atoms with Crippen LogP contribution >= 0.6 is 255 Å². The zero-order chi connectivity index (χ0) is 77.7. The molecule has 0 atom stereocenters. The van der Waals surface area contributed by atoms with Gasteiger partial charge in [-0.2, -0.15) is 0 Å². The van der Waals surface area contributed by atoms with E-state index in [0.717, 1.165) is 0 Å². The molecule has 554 valence electrons. The second-order valence-electron chi connectivity index (χ2n) is 24.2. The molecule has 0 saturated carbocycles. The molecule has 0 spiro atoms. The largest absolute Gasteiger partial charge is 0.451 e. The smallest absolute Gasteiger partial charge is 0.170 e. The quantitative estimate of drug-likeness (QED) is 0.0932. The van der Waals surface area contributed by atoms with Crippen molar-refractivity contribution < 1.29 is 37.9 Å². The van der Waals surface area contributed by atoms with Gasteiger partial charge in [0.05, 0.1) is 71.6 Å². The number of nitrogens with one attached hydrogen (secondary N) is 2. The molecule has 0 unspecified atom stereocenters. The monoisotopic (exact) mass is 2500 g/mol. The molecule has 0 fully saturated rings. The summed E-state index contributed by atoms with van der Waals surface area (Å²) in [5, 5.41) is 2.04. The van der Waals surface area contributed by atoms with Crippen molar-refractivity contribution in [3.05, 3.63) is 266 Å². The first-order valence-corrected chi connectivity index (χ1v) is 45.2. The van der Waals surface area contributed by atoms with Crippen LogP contribution in [0.2, 0.25) is 0 Å². The minimum atomic E-state index is 0.190. The van der Waals surface area contributed by atoms with Crippen LogP contribution in [-0.2, 0) is 0 Å². The van der Waals surface area contributed by atoms with Gasteiger partial charge in [0.1, 0.15) is 22.6 Å². The molecule has 2 N–H and O–H groups in total. The number of aromatic nitrogens is 8. The van der Waals surface area contributed by atoms with Crippen molar-refractivity contribution in [3.8, 4) is 138 Å². The molecule has 8 bridgehead atoms. The zero-order valence-corrected chi connectivity index (χ0v) is 80.8. The van der Waals surface area contributed by atoms with Crippen molar-refractivity contribution in [2.24, 2.45) is 0 Å². The first kappa shape index (κ1) is 78.6. The number of ether oxygens (including phenoxy) is 8. The van der Waals surface area contributed by atoms with Crippen molar-refractivity contribution in [3.63, 3.8) is 0 Å². The Bertz CT molecular complexity index is 5750. The van der Waals surface area contributed by atoms with Crippen LogP contribution in [0.15, 0.2) is 266 Å². The zero-order valence-electron chi connectivity index (χ0n) is 55.5. The van der Waals surface area contributed by atoms with Crippen LogP contribution in [-0.4, -0.2) is 39.9 Å². The maximum absolute atomic E-state index is 7.02. The average Bonchev–Trinajstić information content (AvgIpc) is 1.58. The lowest BCUT2D eigenvalue weighted by molar-refractivity contribution is 0.414. The van der Waals surface area contributed by atoms with Crippen LogP contribution in [0.5, 0.6) is 92.0 Å². The van der Waals surface area contributed by atoms with Crippen molar-refractivity contribution in [1.82, 2.24) is 39.9 Å². The third-order valence-electron chi connectivity index (χ3n) is 17.1. The standard InChI is InChI=1S/C80H34Br16N8O8/c81-41-9-1-10-42(82)65(41)105-57-25-33-34(26-58(57)106-66-43(83)11-2-12-44(66)84)74-97-73(33)101-75-35-27-59(107-67-45(85)13-3-14-46(67)86)60(108-68-47(87)15-4-16-48(68)88)28-36(35)77(98-75)103-79-39-31-63(111-71-53(93)21-7-22-54(71)94)64(112-72-55(95)23-8-24-56(72)96)32-40(39)80(100-79)104-78-38-30-62(110-70-51(91)19-6-20-52(70)92)61(29-37(38)76(99-78)102-74)109-69-49(89)17-5-18-50(69)90/h1-32H,(H2,97,98,99,100,101,102,103,104). The molecular formula is C80H34Br16N8O8. The van der Waals surface area contributed by atoms with Crippen molar-refractivity contribution >= 4 is 299 Å². The summed E-state index contributed by atoms with van der Waals surface area (Å²) in [6.07, 6.45) is 0. The van der Waals surface area contributed by atoms with Crippen LogP contribution < -0.4 is 37.9 Å². The lowest BCUT2D eigenvalue weighted by Gasteiger charge is -2.17. The summed E-state index contributed by atoms with van der Waals surface area (Å²) in [6.45, 7) is 0. The van der Waals surface area contributed by atoms with Gasteiger partial charge in [-0.05, 0) is 400 Å². The Balaban J connectivity index is 1.03. The van der Waals surface area contributed by atoms with E-state index < -0.39 is 0 Å². The molecule has 16 nitrogen and oxygen atoms in total. The summed E-state index contributed by atoms with van der Waals surface area (Å²) in [6, 6.07) is 60.0. The molecule has 112 heavy (non-hydrogen) atoms. The molecule has 12 aromatic carbocycles. The van der Waals surface area contributed by atoms with Crippen molar-refractivity contribution in [2.45, 2.75) is 0 Å². The van der Waals surface area contributed by atoms with Crippen LogP contribution in [0.4, 0.5) is 0 Å². The summed E-state index contributed by atoms with van der Waals surface area (Å²) in [5.41, 5.74) is 3.04. The maximum atomic E-state index is 7.02. The molecule has 0 aliphatic carbocycles. The second-order valence-corrected chi connectivity index (χ2v) is 37.9. The topological polar surface area (TPSA) is 183 Å². The molecule has 3 aromatic heterocycles. The Labute approximate surface area is 769 Å². The minimum Gasteiger partial charge on any atom is -0.451 e. The number of benzene rings is 12. The number of para-hydroxylation sites is 8. The number of halogens is 16. The Hall–Kier alpha value is -5.92. The van der Waals surface area contributed by atoms with Crippen LogP contribution in [0, 0.1) is 0 Å². The van der Waals surface area contributed by atoms with Gasteiger partial charge in [0.2, 0.25) is 0 Å². The number of hydrogen-bond donors (Lipinski definition) is 2.